The van der Waals surface area contributed by atoms with E-state index in [0.29, 0.717) is 0 Å². The SMILES string of the molecule is CC(C)(C)S/N=C(/CF)c1ccccc1F. The van der Waals surface area contributed by atoms with Crippen LogP contribution in [-0.4, -0.2) is 17.1 Å². The summed E-state index contributed by atoms with van der Waals surface area (Å²) in [5, 5.41) is 0. The van der Waals surface area contributed by atoms with Crippen LogP contribution >= 0.6 is 11.9 Å². The molecular weight excluding hydrogens is 228 g/mol. The fourth-order valence-electron chi connectivity index (χ4n) is 1.03. The highest BCUT2D eigenvalue weighted by Crippen LogP contribution is 2.25. The van der Waals surface area contributed by atoms with E-state index in [1.807, 2.05) is 20.8 Å². The zero-order valence-corrected chi connectivity index (χ0v) is 10.4. The number of nitrogens with zero attached hydrogens (tertiary/aromatic N) is 1. The Labute approximate surface area is 99.1 Å². The normalized spacial score (nSPS) is 12.9. The molecule has 88 valence electrons. The van der Waals surface area contributed by atoms with Crippen LogP contribution in [0.25, 0.3) is 0 Å². The molecule has 0 bridgehead atoms. The molecule has 4 heteroatoms. The second-order valence-corrected chi connectivity index (χ2v) is 5.95. The third kappa shape index (κ3) is 3.93. The monoisotopic (exact) mass is 243 g/mol. The van der Waals surface area contributed by atoms with E-state index in [2.05, 4.69) is 4.40 Å². The molecule has 0 amide bonds. The van der Waals surface area contributed by atoms with Crippen molar-refractivity contribution >= 4 is 17.7 Å². The Balaban J connectivity index is 2.95. The summed E-state index contributed by atoms with van der Waals surface area (Å²) in [6.07, 6.45) is 0. The van der Waals surface area contributed by atoms with Crippen LogP contribution in [0.1, 0.15) is 26.3 Å². The molecule has 0 fully saturated rings. The summed E-state index contributed by atoms with van der Waals surface area (Å²) >= 11 is 1.25. The van der Waals surface area contributed by atoms with Gasteiger partial charge in [-0.1, -0.05) is 18.2 Å². The van der Waals surface area contributed by atoms with E-state index in [1.165, 1.54) is 24.1 Å². The number of halogens is 2. The fourth-order valence-corrected chi connectivity index (χ4v) is 1.56. The molecule has 0 unspecified atom stereocenters. The molecule has 0 saturated carbocycles. The van der Waals surface area contributed by atoms with Gasteiger partial charge in [-0.15, -0.1) is 0 Å². The van der Waals surface area contributed by atoms with Crippen LogP contribution in [-0.2, 0) is 0 Å². The van der Waals surface area contributed by atoms with Gasteiger partial charge in [0.1, 0.15) is 12.5 Å². The lowest BCUT2D eigenvalue weighted by molar-refractivity contribution is 0.577. The van der Waals surface area contributed by atoms with Crippen LogP contribution in [0.4, 0.5) is 8.78 Å². The van der Waals surface area contributed by atoms with Gasteiger partial charge in [-0.2, -0.15) is 0 Å². The van der Waals surface area contributed by atoms with Crippen molar-refractivity contribution in [3.05, 3.63) is 35.6 Å². The quantitative estimate of drug-likeness (QED) is 0.576. The predicted molar refractivity (Wildman–Crippen MR) is 66.3 cm³/mol. The van der Waals surface area contributed by atoms with Crippen molar-refractivity contribution in [1.29, 1.82) is 0 Å². The largest absolute Gasteiger partial charge is 0.244 e. The van der Waals surface area contributed by atoms with Crippen molar-refractivity contribution in [3.63, 3.8) is 0 Å². The van der Waals surface area contributed by atoms with Crippen LogP contribution < -0.4 is 0 Å². The summed E-state index contributed by atoms with van der Waals surface area (Å²) in [5.41, 5.74) is 0.389. The molecular formula is C12H15F2NS. The summed E-state index contributed by atoms with van der Waals surface area (Å²) in [4.78, 5) is 0. The first-order valence-corrected chi connectivity index (χ1v) is 5.77. The highest BCUT2D eigenvalue weighted by molar-refractivity contribution is 7.99. The Kier molecular flexibility index (Phi) is 4.47. The average molecular weight is 243 g/mol. The van der Waals surface area contributed by atoms with Gasteiger partial charge in [0.25, 0.3) is 0 Å². The van der Waals surface area contributed by atoms with Crippen LogP contribution in [0.2, 0.25) is 0 Å². The standard InChI is InChI=1S/C12H15F2NS/c1-12(2,3)16-15-11(8-13)9-6-4-5-7-10(9)14/h4-7H,8H2,1-3H3/b15-11-. The van der Waals surface area contributed by atoms with Crippen molar-refractivity contribution in [2.24, 2.45) is 4.40 Å². The van der Waals surface area contributed by atoms with Gasteiger partial charge in [0, 0.05) is 10.3 Å². The molecule has 0 aliphatic rings. The minimum absolute atomic E-state index is 0.105. The Hall–Kier alpha value is -0.900. The fraction of sp³-hybridized carbons (Fsp3) is 0.417. The van der Waals surface area contributed by atoms with Crippen molar-refractivity contribution in [3.8, 4) is 0 Å². The highest BCUT2D eigenvalue weighted by atomic mass is 32.2. The van der Waals surface area contributed by atoms with Crippen molar-refractivity contribution in [2.75, 3.05) is 6.67 Å². The first-order chi connectivity index (χ1) is 7.44. The van der Waals surface area contributed by atoms with Gasteiger partial charge in [0.15, 0.2) is 0 Å². The first-order valence-electron chi connectivity index (χ1n) is 5.00. The maximum absolute atomic E-state index is 13.4. The first kappa shape index (κ1) is 13.2. The molecule has 0 atom stereocenters. The van der Waals surface area contributed by atoms with E-state index < -0.39 is 12.5 Å². The average Bonchev–Trinajstić information content (AvgIpc) is 2.20. The van der Waals surface area contributed by atoms with E-state index >= 15 is 0 Å². The number of hydrogen-bond donors (Lipinski definition) is 0. The number of hydrogen-bond acceptors (Lipinski definition) is 2. The van der Waals surface area contributed by atoms with Gasteiger partial charge in [0.2, 0.25) is 0 Å². The molecule has 1 aromatic rings. The molecule has 0 aromatic heterocycles. The van der Waals surface area contributed by atoms with E-state index in [9.17, 15) is 8.78 Å². The van der Waals surface area contributed by atoms with Gasteiger partial charge < -0.3 is 0 Å². The predicted octanol–water partition coefficient (Wildman–Crippen LogP) is 4.03. The summed E-state index contributed by atoms with van der Waals surface area (Å²) in [6, 6.07) is 6.09. The minimum atomic E-state index is -0.760. The number of alkyl halides is 1. The van der Waals surface area contributed by atoms with Crippen molar-refractivity contribution in [2.45, 2.75) is 25.5 Å². The van der Waals surface area contributed by atoms with Gasteiger partial charge >= 0.3 is 0 Å². The second-order valence-electron chi connectivity index (χ2n) is 4.36. The highest BCUT2D eigenvalue weighted by Gasteiger charge is 2.13. The third-order valence-electron chi connectivity index (χ3n) is 1.74. The Morgan fingerprint density at radius 2 is 1.94 bits per heavy atom. The van der Waals surface area contributed by atoms with Crippen molar-refractivity contribution in [1.82, 2.24) is 0 Å². The summed E-state index contributed by atoms with van der Waals surface area (Å²) in [5.74, 6) is -0.437. The topological polar surface area (TPSA) is 12.4 Å². The number of rotatable bonds is 3. The Morgan fingerprint density at radius 1 is 1.31 bits per heavy atom. The Bertz CT molecular complexity index is 383. The molecule has 1 nitrogen and oxygen atoms in total. The zero-order chi connectivity index (χ0) is 12.2. The molecule has 0 N–H and O–H groups in total. The van der Waals surface area contributed by atoms with Crippen LogP contribution in [0.15, 0.2) is 28.7 Å². The van der Waals surface area contributed by atoms with E-state index in [-0.39, 0.29) is 16.0 Å². The molecule has 0 saturated heterocycles. The van der Waals surface area contributed by atoms with E-state index in [1.54, 1.807) is 12.1 Å². The van der Waals surface area contributed by atoms with E-state index in [4.69, 9.17) is 0 Å². The molecule has 1 rings (SSSR count). The molecule has 0 aliphatic carbocycles. The maximum atomic E-state index is 13.4. The molecule has 0 aliphatic heterocycles. The molecule has 0 heterocycles. The van der Waals surface area contributed by atoms with Gasteiger partial charge in [-0.25, -0.2) is 13.2 Å². The molecule has 0 radical (unpaired) electrons. The lowest BCUT2D eigenvalue weighted by atomic mass is 10.1. The number of benzene rings is 1. The second kappa shape index (κ2) is 5.43. The minimum Gasteiger partial charge on any atom is -0.244 e. The van der Waals surface area contributed by atoms with Gasteiger partial charge in [-0.05, 0) is 38.8 Å². The van der Waals surface area contributed by atoms with Gasteiger partial charge in [0.05, 0.1) is 5.71 Å². The van der Waals surface area contributed by atoms with Crippen molar-refractivity contribution < 1.29 is 8.78 Å². The molecule has 1 aromatic carbocycles. The summed E-state index contributed by atoms with van der Waals surface area (Å²) in [7, 11) is 0. The lowest BCUT2D eigenvalue weighted by Gasteiger charge is -2.14. The van der Waals surface area contributed by atoms with Gasteiger partial charge in [-0.3, -0.25) is 0 Å². The molecule has 16 heavy (non-hydrogen) atoms. The zero-order valence-electron chi connectivity index (χ0n) is 9.63. The maximum Gasteiger partial charge on any atom is 0.133 e. The lowest BCUT2D eigenvalue weighted by Crippen LogP contribution is -2.09. The molecule has 0 spiro atoms. The third-order valence-corrected chi connectivity index (χ3v) is 2.60. The van der Waals surface area contributed by atoms with E-state index in [0.717, 1.165) is 0 Å². The smallest absolute Gasteiger partial charge is 0.133 e. The summed E-state index contributed by atoms with van der Waals surface area (Å²) in [6.45, 7) is 5.15. The van der Waals surface area contributed by atoms with Crippen LogP contribution in [0, 0.1) is 5.82 Å². The summed E-state index contributed by atoms with van der Waals surface area (Å²) < 4.78 is 30.1. The van der Waals surface area contributed by atoms with Crippen LogP contribution in [0.3, 0.4) is 0 Å². The van der Waals surface area contributed by atoms with Crippen LogP contribution in [0.5, 0.6) is 0 Å². The Morgan fingerprint density at radius 3 is 2.44 bits per heavy atom.